The van der Waals surface area contributed by atoms with Crippen LogP contribution in [0.4, 0.5) is 5.82 Å². The van der Waals surface area contributed by atoms with Crippen molar-refractivity contribution < 1.29 is 4.79 Å². The van der Waals surface area contributed by atoms with Crippen LogP contribution in [-0.4, -0.2) is 65.8 Å². The Balaban J connectivity index is 1.45. The van der Waals surface area contributed by atoms with E-state index in [0.717, 1.165) is 61.8 Å². The van der Waals surface area contributed by atoms with Crippen molar-refractivity contribution >= 4 is 11.7 Å². The molecule has 0 bridgehead atoms. The highest BCUT2D eigenvalue weighted by molar-refractivity contribution is 5.94. The molecule has 0 radical (unpaired) electrons. The van der Waals surface area contributed by atoms with Gasteiger partial charge in [0.2, 0.25) is 0 Å². The van der Waals surface area contributed by atoms with E-state index in [4.69, 9.17) is 0 Å². The molecule has 1 amide bonds. The normalized spacial score (nSPS) is 17.8. The van der Waals surface area contributed by atoms with Gasteiger partial charge in [0.05, 0.1) is 0 Å². The lowest BCUT2D eigenvalue weighted by Gasteiger charge is -2.34. The minimum atomic E-state index is -0.139. The maximum absolute atomic E-state index is 12.6. The number of rotatable bonds is 4. The molecule has 0 unspecified atom stereocenters. The molecule has 0 saturated carbocycles. The van der Waals surface area contributed by atoms with Gasteiger partial charge in [-0.1, -0.05) is 6.07 Å². The molecule has 0 spiro atoms. The number of likely N-dealkylation sites (N-methyl/N-ethyl adjacent to an activating group) is 1. The second-order valence-corrected chi connectivity index (χ2v) is 6.92. The Morgan fingerprint density at radius 1 is 1.31 bits per heavy atom. The molecule has 8 heteroatoms. The van der Waals surface area contributed by atoms with Gasteiger partial charge < -0.3 is 20.4 Å². The summed E-state index contributed by atoms with van der Waals surface area (Å²) in [6.07, 6.45) is 2.69. The average molecular weight is 355 g/mol. The monoisotopic (exact) mass is 355 g/mol. The number of hydrogen-bond acceptors (Lipinski definition) is 6. The van der Waals surface area contributed by atoms with Crippen LogP contribution in [0.3, 0.4) is 0 Å². The van der Waals surface area contributed by atoms with Crippen LogP contribution in [0.25, 0.3) is 0 Å². The molecular formula is C18H25N7O. The van der Waals surface area contributed by atoms with E-state index >= 15 is 0 Å². The number of piperazine rings is 1. The molecule has 0 atom stereocenters. The zero-order valence-corrected chi connectivity index (χ0v) is 15.1. The Morgan fingerprint density at radius 2 is 2.15 bits per heavy atom. The van der Waals surface area contributed by atoms with Crippen molar-refractivity contribution in [2.24, 2.45) is 0 Å². The molecule has 138 valence electrons. The van der Waals surface area contributed by atoms with E-state index < -0.39 is 0 Å². The minimum absolute atomic E-state index is 0.139. The number of aromatic amines is 1. The Bertz CT molecular complexity index is 780. The van der Waals surface area contributed by atoms with Crippen LogP contribution in [0, 0.1) is 0 Å². The molecule has 3 N–H and O–H groups in total. The summed E-state index contributed by atoms with van der Waals surface area (Å²) in [5.74, 6) is 0.825. The second-order valence-electron chi connectivity index (χ2n) is 6.92. The third-order valence-corrected chi connectivity index (χ3v) is 5.13. The van der Waals surface area contributed by atoms with Crippen molar-refractivity contribution in [2.45, 2.75) is 19.5 Å². The molecule has 2 aromatic heterocycles. The van der Waals surface area contributed by atoms with Gasteiger partial charge in [-0.2, -0.15) is 5.10 Å². The zero-order chi connectivity index (χ0) is 17.9. The van der Waals surface area contributed by atoms with Gasteiger partial charge >= 0.3 is 0 Å². The van der Waals surface area contributed by atoms with Crippen LogP contribution < -0.4 is 15.5 Å². The number of nitrogens with one attached hydrogen (secondary N) is 3. The number of hydrogen-bond donors (Lipinski definition) is 3. The summed E-state index contributed by atoms with van der Waals surface area (Å²) in [4.78, 5) is 21.8. The van der Waals surface area contributed by atoms with Gasteiger partial charge in [-0.05, 0) is 13.1 Å². The van der Waals surface area contributed by atoms with E-state index in [1.807, 2.05) is 18.3 Å². The predicted molar refractivity (Wildman–Crippen MR) is 99.1 cm³/mol. The molecule has 0 aliphatic carbocycles. The molecule has 2 aliphatic heterocycles. The summed E-state index contributed by atoms with van der Waals surface area (Å²) in [6.45, 7) is 6.00. The van der Waals surface area contributed by atoms with Crippen molar-refractivity contribution in [1.29, 1.82) is 0 Å². The topological polar surface area (TPSA) is 89.2 Å². The van der Waals surface area contributed by atoms with Gasteiger partial charge in [-0.25, -0.2) is 4.98 Å². The Labute approximate surface area is 153 Å². The van der Waals surface area contributed by atoms with E-state index in [1.54, 1.807) is 0 Å². The second kappa shape index (κ2) is 7.43. The summed E-state index contributed by atoms with van der Waals surface area (Å²) in [6, 6.07) is 3.95. The van der Waals surface area contributed by atoms with Gasteiger partial charge in [0, 0.05) is 75.3 Å². The third-order valence-electron chi connectivity index (χ3n) is 5.13. The van der Waals surface area contributed by atoms with Gasteiger partial charge in [-0.3, -0.25) is 9.89 Å². The first-order valence-corrected chi connectivity index (χ1v) is 9.15. The van der Waals surface area contributed by atoms with Crippen LogP contribution in [0.1, 0.15) is 27.3 Å². The highest BCUT2D eigenvalue weighted by atomic mass is 16.1. The lowest BCUT2D eigenvalue weighted by molar-refractivity contribution is 0.0944. The first kappa shape index (κ1) is 17.0. The standard InChI is InChI=1S/C18H25N7O/c1-24-7-9-25(10-8-24)17-13(3-2-5-20-17)11-21-18(26)16-14-12-19-6-4-15(14)22-23-16/h2-3,5,19H,4,6-12H2,1H3,(H,21,26)(H,22,23). The summed E-state index contributed by atoms with van der Waals surface area (Å²) < 4.78 is 0. The number of fused-ring (bicyclic) bond motifs is 1. The third kappa shape index (κ3) is 3.42. The molecule has 26 heavy (non-hydrogen) atoms. The molecule has 1 saturated heterocycles. The maximum Gasteiger partial charge on any atom is 0.272 e. The smallest absolute Gasteiger partial charge is 0.272 e. The zero-order valence-electron chi connectivity index (χ0n) is 15.1. The highest BCUT2D eigenvalue weighted by Crippen LogP contribution is 2.19. The average Bonchev–Trinajstić information content (AvgIpc) is 3.11. The van der Waals surface area contributed by atoms with E-state index in [1.165, 1.54) is 0 Å². The molecule has 1 fully saturated rings. The summed E-state index contributed by atoms with van der Waals surface area (Å²) in [7, 11) is 2.14. The number of H-pyrrole nitrogens is 1. The molecule has 2 aliphatic rings. The molecule has 0 aromatic carbocycles. The number of amides is 1. The molecule has 4 rings (SSSR count). The highest BCUT2D eigenvalue weighted by Gasteiger charge is 2.22. The Hall–Kier alpha value is -2.45. The van der Waals surface area contributed by atoms with Crippen molar-refractivity contribution in [3.8, 4) is 0 Å². The van der Waals surface area contributed by atoms with E-state index in [2.05, 4.69) is 42.7 Å². The van der Waals surface area contributed by atoms with Gasteiger partial charge in [-0.15, -0.1) is 0 Å². The lowest BCUT2D eigenvalue weighted by Crippen LogP contribution is -2.45. The molecule has 2 aromatic rings. The number of aromatic nitrogens is 3. The van der Waals surface area contributed by atoms with Crippen LogP contribution in [0.5, 0.6) is 0 Å². The van der Waals surface area contributed by atoms with Crippen molar-refractivity contribution in [3.05, 3.63) is 40.8 Å². The van der Waals surface area contributed by atoms with Crippen molar-refractivity contribution in [2.75, 3.05) is 44.7 Å². The largest absolute Gasteiger partial charge is 0.354 e. The van der Waals surface area contributed by atoms with Crippen LogP contribution >= 0.6 is 0 Å². The molecule has 8 nitrogen and oxygen atoms in total. The van der Waals surface area contributed by atoms with E-state index in [0.29, 0.717) is 18.8 Å². The molecular weight excluding hydrogens is 330 g/mol. The fraction of sp³-hybridized carbons (Fsp3) is 0.500. The van der Waals surface area contributed by atoms with Gasteiger partial charge in [0.15, 0.2) is 5.69 Å². The van der Waals surface area contributed by atoms with Crippen LogP contribution in [-0.2, 0) is 19.5 Å². The summed E-state index contributed by atoms with van der Waals surface area (Å²) in [5.41, 5.74) is 3.58. The predicted octanol–water partition coefficient (Wildman–Crippen LogP) is 0.132. The van der Waals surface area contributed by atoms with Gasteiger partial charge in [0.25, 0.3) is 5.91 Å². The summed E-state index contributed by atoms with van der Waals surface area (Å²) in [5, 5.41) is 13.5. The van der Waals surface area contributed by atoms with Gasteiger partial charge in [0.1, 0.15) is 5.82 Å². The fourth-order valence-corrected chi connectivity index (χ4v) is 3.54. The van der Waals surface area contributed by atoms with Crippen molar-refractivity contribution in [1.82, 2.24) is 30.7 Å². The van der Waals surface area contributed by atoms with Crippen LogP contribution in [0.15, 0.2) is 18.3 Å². The quantitative estimate of drug-likeness (QED) is 0.723. The number of carbonyl (C=O) groups is 1. The Kier molecular flexibility index (Phi) is 4.85. The summed E-state index contributed by atoms with van der Waals surface area (Å²) >= 11 is 0. The number of pyridine rings is 1. The van der Waals surface area contributed by atoms with Crippen LogP contribution in [0.2, 0.25) is 0 Å². The first-order chi connectivity index (χ1) is 12.7. The number of nitrogens with zero attached hydrogens (tertiary/aromatic N) is 4. The first-order valence-electron chi connectivity index (χ1n) is 9.15. The lowest BCUT2D eigenvalue weighted by atomic mass is 10.1. The maximum atomic E-state index is 12.6. The fourth-order valence-electron chi connectivity index (χ4n) is 3.54. The van der Waals surface area contributed by atoms with E-state index in [-0.39, 0.29) is 5.91 Å². The van der Waals surface area contributed by atoms with E-state index in [9.17, 15) is 4.79 Å². The number of anilines is 1. The molecule has 4 heterocycles. The van der Waals surface area contributed by atoms with Crippen molar-refractivity contribution in [3.63, 3.8) is 0 Å². The SMILES string of the molecule is CN1CCN(c2ncccc2CNC(=O)c2n[nH]c3c2CNCC3)CC1. The number of carbonyl (C=O) groups excluding carboxylic acids is 1. The minimum Gasteiger partial charge on any atom is -0.354 e. The Morgan fingerprint density at radius 3 is 3.00 bits per heavy atom.